The molecule has 4 nitrogen and oxygen atoms in total. The molecule has 94 valence electrons. The Morgan fingerprint density at radius 1 is 1.41 bits per heavy atom. The molecular weight excluding hydrogens is 214 g/mol. The van der Waals surface area contributed by atoms with Crippen LogP contribution in [-0.2, 0) is 11.3 Å². The van der Waals surface area contributed by atoms with E-state index < -0.39 is 0 Å². The van der Waals surface area contributed by atoms with E-state index in [9.17, 15) is 0 Å². The summed E-state index contributed by atoms with van der Waals surface area (Å²) >= 11 is 0. The normalized spacial score (nSPS) is 15.9. The lowest BCUT2D eigenvalue weighted by Crippen LogP contribution is -2.21. The average molecular weight is 235 g/mol. The van der Waals surface area contributed by atoms with Crippen molar-refractivity contribution in [2.75, 3.05) is 20.3 Å². The van der Waals surface area contributed by atoms with Crippen molar-refractivity contribution >= 4 is 0 Å². The van der Waals surface area contributed by atoms with Gasteiger partial charge in [-0.25, -0.2) is 9.97 Å². The molecule has 1 aliphatic rings. The minimum Gasteiger partial charge on any atom is -0.383 e. The zero-order chi connectivity index (χ0) is 12.1. The van der Waals surface area contributed by atoms with Crippen LogP contribution in [0, 0.1) is 6.92 Å². The van der Waals surface area contributed by atoms with Crippen LogP contribution in [0.25, 0.3) is 0 Å². The third kappa shape index (κ3) is 3.48. The summed E-state index contributed by atoms with van der Waals surface area (Å²) in [6.07, 6.45) is 3.82. The van der Waals surface area contributed by atoms with E-state index in [0.29, 0.717) is 5.92 Å². The van der Waals surface area contributed by atoms with Gasteiger partial charge in [-0.1, -0.05) is 6.42 Å². The monoisotopic (exact) mass is 235 g/mol. The Bertz CT molecular complexity index is 364. The van der Waals surface area contributed by atoms with E-state index in [-0.39, 0.29) is 0 Å². The van der Waals surface area contributed by atoms with Gasteiger partial charge in [-0.15, -0.1) is 0 Å². The molecule has 0 radical (unpaired) electrons. The van der Waals surface area contributed by atoms with Crippen LogP contribution in [0.5, 0.6) is 0 Å². The summed E-state index contributed by atoms with van der Waals surface area (Å²) in [5.74, 6) is 1.65. The number of aromatic nitrogens is 2. The van der Waals surface area contributed by atoms with E-state index in [1.54, 1.807) is 7.11 Å². The Morgan fingerprint density at radius 2 is 2.24 bits per heavy atom. The van der Waals surface area contributed by atoms with Gasteiger partial charge in [-0.3, -0.25) is 0 Å². The van der Waals surface area contributed by atoms with Gasteiger partial charge >= 0.3 is 0 Å². The highest BCUT2D eigenvalue weighted by molar-refractivity contribution is 5.13. The molecule has 0 amide bonds. The van der Waals surface area contributed by atoms with E-state index in [4.69, 9.17) is 4.74 Å². The second kappa shape index (κ2) is 6.07. The Hall–Kier alpha value is -1.00. The number of rotatable bonds is 6. The van der Waals surface area contributed by atoms with Crippen LogP contribution in [0.3, 0.4) is 0 Å². The molecule has 1 N–H and O–H groups in total. The van der Waals surface area contributed by atoms with Gasteiger partial charge in [-0.05, 0) is 25.8 Å². The fourth-order valence-electron chi connectivity index (χ4n) is 1.99. The van der Waals surface area contributed by atoms with E-state index in [1.807, 2.05) is 6.92 Å². The fraction of sp³-hybridized carbons (Fsp3) is 0.692. The summed E-state index contributed by atoms with van der Waals surface area (Å²) < 4.78 is 5.00. The van der Waals surface area contributed by atoms with Crippen LogP contribution in [0.4, 0.5) is 0 Å². The van der Waals surface area contributed by atoms with Gasteiger partial charge in [0.15, 0.2) is 0 Å². The van der Waals surface area contributed by atoms with Gasteiger partial charge in [-0.2, -0.15) is 0 Å². The number of hydrogen-bond donors (Lipinski definition) is 1. The van der Waals surface area contributed by atoms with Crippen molar-refractivity contribution in [3.05, 3.63) is 23.3 Å². The minimum atomic E-state index is 0.604. The maximum Gasteiger partial charge on any atom is 0.131 e. The molecule has 0 unspecified atom stereocenters. The lowest BCUT2D eigenvalue weighted by molar-refractivity contribution is 0.199. The zero-order valence-corrected chi connectivity index (χ0v) is 10.7. The molecule has 0 bridgehead atoms. The summed E-state index contributed by atoms with van der Waals surface area (Å²) in [6.45, 7) is 4.44. The maximum absolute atomic E-state index is 5.00. The average Bonchev–Trinajstić information content (AvgIpc) is 2.21. The molecule has 0 saturated heterocycles. The molecule has 1 heterocycles. The SMILES string of the molecule is COCCNCc1cc(C)nc(C2CCC2)n1. The van der Waals surface area contributed by atoms with Crippen molar-refractivity contribution in [2.45, 2.75) is 38.6 Å². The van der Waals surface area contributed by atoms with Crippen molar-refractivity contribution in [3.8, 4) is 0 Å². The first-order chi connectivity index (χ1) is 8.29. The van der Waals surface area contributed by atoms with Crippen molar-refractivity contribution in [2.24, 2.45) is 0 Å². The summed E-state index contributed by atoms with van der Waals surface area (Å²) in [7, 11) is 1.71. The molecular formula is C13H21N3O. The van der Waals surface area contributed by atoms with Crippen LogP contribution in [-0.4, -0.2) is 30.2 Å². The summed E-state index contributed by atoms with van der Waals surface area (Å²) in [5.41, 5.74) is 2.17. The number of aryl methyl sites for hydroxylation is 1. The van der Waals surface area contributed by atoms with E-state index >= 15 is 0 Å². The van der Waals surface area contributed by atoms with Gasteiger partial charge in [0.05, 0.1) is 12.3 Å². The molecule has 1 saturated carbocycles. The van der Waals surface area contributed by atoms with Gasteiger partial charge in [0.2, 0.25) is 0 Å². The number of ether oxygens (including phenoxy) is 1. The molecule has 0 aliphatic heterocycles. The standard InChI is InChI=1S/C13H21N3O/c1-10-8-12(9-14-6-7-17-2)16-13(15-10)11-4-3-5-11/h8,11,14H,3-7,9H2,1-2H3. The lowest BCUT2D eigenvalue weighted by Gasteiger charge is -2.24. The Kier molecular flexibility index (Phi) is 4.45. The maximum atomic E-state index is 5.00. The first-order valence-electron chi connectivity index (χ1n) is 6.33. The highest BCUT2D eigenvalue weighted by atomic mass is 16.5. The van der Waals surface area contributed by atoms with Crippen molar-refractivity contribution in [1.29, 1.82) is 0 Å². The molecule has 17 heavy (non-hydrogen) atoms. The molecule has 0 aromatic carbocycles. The van der Waals surface area contributed by atoms with Crippen LogP contribution in [0.2, 0.25) is 0 Å². The second-order valence-electron chi connectivity index (χ2n) is 4.66. The fourth-order valence-corrected chi connectivity index (χ4v) is 1.99. The molecule has 0 spiro atoms. The first kappa shape index (κ1) is 12.5. The largest absolute Gasteiger partial charge is 0.383 e. The molecule has 2 rings (SSSR count). The Morgan fingerprint density at radius 3 is 2.88 bits per heavy atom. The molecule has 0 atom stereocenters. The molecule has 1 aromatic heterocycles. The lowest BCUT2D eigenvalue weighted by atomic mass is 9.85. The second-order valence-corrected chi connectivity index (χ2v) is 4.66. The van der Waals surface area contributed by atoms with Gasteiger partial charge in [0.25, 0.3) is 0 Å². The van der Waals surface area contributed by atoms with Gasteiger partial charge in [0, 0.05) is 31.8 Å². The first-order valence-corrected chi connectivity index (χ1v) is 6.33. The number of nitrogens with zero attached hydrogens (tertiary/aromatic N) is 2. The van der Waals surface area contributed by atoms with Crippen molar-refractivity contribution < 1.29 is 4.74 Å². The highest BCUT2D eigenvalue weighted by Crippen LogP contribution is 2.34. The summed E-state index contributed by atoms with van der Waals surface area (Å²) in [6, 6.07) is 2.06. The molecule has 1 aromatic rings. The van der Waals surface area contributed by atoms with Crippen LogP contribution < -0.4 is 5.32 Å². The number of hydrogen-bond acceptors (Lipinski definition) is 4. The Labute approximate surface area is 103 Å². The predicted octanol–water partition coefficient (Wildman–Crippen LogP) is 1.79. The van der Waals surface area contributed by atoms with Crippen molar-refractivity contribution in [3.63, 3.8) is 0 Å². The van der Waals surface area contributed by atoms with E-state index in [2.05, 4.69) is 21.4 Å². The third-order valence-electron chi connectivity index (χ3n) is 3.18. The smallest absolute Gasteiger partial charge is 0.131 e. The van der Waals surface area contributed by atoms with Crippen molar-refractivity contribution in [1.82, 2.24) is 15.3 Å². The quantitative estimate of drug-likeness (QED) is 0.764. The predicted molar refractivity (Wildman–Crippen MR) is 66.9 cm³/mol. The molecule has 1 aliphatic carbocycles. The Balaban J connectivity index is 1.93. The van der Waals surface area contributed by atoms with Crippen LogP contribution >= 0.6 is 0 Å². The van der Waals surface area contributed by atoms with Gasteiger partial charge < -0.3 is 10.1 Å². The topological polar surface area (TPSA) is 47.0 Å². The van der Waals surface area contributed by atoms with E-state index in [1.165, 1.54) is 19.3 Å². The minimum absolute atomic E-state index is 0.604. The van der Waals surface area contributed by atoms with Gasteiger partial charge in [0.1, 0.15) is 5.82 Å². The summed E-state index contributed by atoms with van der Waals surface area (Å²) in [4.78, 5) is 9.18. The molecule has 4 heteroatoms. The summed E-state index contributed by atoms with van der Waals surface area (Å²) in [5, 5.41) is 3.32. The number of nitrogens with one attached hydrogen (secondary N) is 1. The third-order valence-corrected chi connectivity index (χ3v) is 3.18. The highest BCUT2D eigenvalue weighted by Gasteiger charge is 2.22. The number of methoxy groups -OCH3 is 1. The van der Waals surface area contributed by atoms with E-state index in [0.717, 1.165) is 36.9 Å². The molecule has 1 fully saturated rings. The van der Waals surface area contributed by atoms with Crippen LogP contribution in [0.15, 0.2) is 6.07 Å². The van der Waals surface area contributed by atoms with Crippen LogP contribution in [0.1, 0.15) is 42.4 Å². The zero-order valence-electron chi connectivity index (χ0n) is 10.7.